The highest BCUT2D eigenvalue weighted by Gasteiger charge is 2.24. The van der Waals surface area contributed by atoms with Gasteiger partial charge in [-0.15, -0.1) is 0 Å². The van der Waals surface area contributed by atoms with Crippen LogP contribution in [0.5, 0.6) is 0 Å². The van der Waals surface area contributed by atoms with Gasteiger partial charge in [0.1, 0.15) is 0 Å². The number of carbonyl (C=O) groups excluding carboxylic acids is 1. The first-order chi connectivity index (χ1) is 9.65. The second kappa shape index (κ2) is 5.58. The molecule has 0 aromatic heterocycles. The summed E-state index contributed by atoms with van der Waals surface area (Å²) < 4.78 is 0.716. The molecule has 102 valence electrons. The van der Waals surface area contributed by atoms with Gasteiger partial charge in [0.25, 0.3) is 5.91 Å². The van der Waals surface area contributed by atoms with Gasteiger partial charge in [-0.05, 0) is 58.1 Å². The Morgan fingerprint density at radius 3 is 2.85 bits per heavy atom. The van der Waals surface area contributed by atoms with E-state index in [1.807, 2.05) is 12.1 Å². The molecule has 3 rings (SSSR count). The molecule has 0 radical (unpaired) electrons. The average Bonchev–Trinajstić information content (AvgIpc) is 2.82. The van der Waals surface area contributed by atoms with Crippen molar-refractivity contribution in [1.29, 1.82) is 0 Å². The number of amides is 1. The monoisotopic (exact) mass is 349 g/mol. The van der Waals surface area contributed by atoms with Gasteiger partial charge in [-0.2, -0.15) is 0 Å². The SMILES string of the molecule is O=C(NC1CCc2ccccc21)c1ccc(Cl)cc1Br. The molecular weight excluding hydrogens is 338 g/mol. The van der Waals surface area contributed by atoms with Crippen molar-refractivity contribution in [3.8, 4) is 0 Å². The highest BCUT2D eigenvalue weighted by Crippen LogP contribution is 2.31. The fourth-order valence-corrected chi connectivity index (χ4v) is 3.48. The lowest BCUT2D eigenvalue weighted by atomic mass is 10.1. The molecule has 1 aliphatic carbocycles. The molecule has 20 heavy (non-hydrogen) atoms. The molecule has 1 unspecified atom stereocenters. The third kappa shape index (κ3) is 2.60. The van der Waals surface area contributed by atoms with Gasteiger partial charge >= 0.3 is 0 Å². The van der Waals surface area contributed by atoms with Crippen LogP contribution in [-0.2, 0) is 6.42 Å². The molecule has 0 bridgehead atoms. The first-order valence-corrected chi connectivity index (χ1v) is 7.66. The van der Waals surface area contributed by atoms with Crippen molar-refractivity contribution >= 4 is 33.4 Å². The Hall–Kier alpha value is -1.32. The zero-order valence-electron chi connectivity index (χ0n) is 10.7. The molecule has 2 aromatic rings. The maximum absolute atomic E-state index is 12.4. The molecule has 4 heteroatoms. The van der Waals surface area contributed by atoms with Crippen LogP contribution in [0, 0.1) is 0 Å². The summed E-state index contributed by atoms with van der Waals surface area (Å²) in [6.07, 6.45) is 1.97. The molecule has 2 nitrogen and oxygen atoms in total. The maximum atomic E-state index is 12.4. The van der Waals surface area contributed by atoms with E-state index in [2.05, 4.69) is 33.4 Å². The van der Waals surface area contributed by atoms with Crippen LogP contribution in [0.3, 0.4) is 0 Å². The van der Waals surface area contributed by atoms with Crippen molar-refractivity contribution in [2.45, 2.75) is 18.9 Å². The summed E-state index contributed by atoms with van der Waals surface area (Å²) in [6, 6.07) is 13.6. The smallest absolute Gasteiger partial charge is 0.252 e. The molecule has 1 atom stereocenters. The third-order valence-electron chi connectivity index (χ3n) is 3.61. The van der Waals surface area contributed by atoms with E-state index in [9.17, 15) is 4.79 Å². The van der Waals surface area contributed by atoms with Crippen molar-refractivity contribution in [1.82, 2.24) is 5.32 Å². The van der Waals surface area contributed by atoms with E-state index in [0.717, 1.165) is 12.8 Å². The average molecular weight is 351 g/mol. The summed E-state index contributed by atoms with van der Waals surface area (Å²) in [5.41, 5.74) is 3.16. The van der Waals surface area contributed by atoms with Crippen LogP contribution in [0.4, 0.5) is 0 Å². The predicted octanol–water partition coefficient (Wildman–Crippen LogP) is 4.52. The molecular formula is C16H13BrClNO. The second-order valence-electron chi connectivity index (χ2n) is 4.89. The van der Waals surface area contributed by atoms with E-state index in [0.29, 0.717) is 15.1 Å². The number of aryl methyl sites for hydroxylation is 1. The van der Waals surface area contributed by atoms with Gasteiger partial charge in [-0.25, -0.2) is 0 Å². The molecule has 0 heterocycles. The first-order valence-electron chi connectivity index (χ1n) is 6.49. The quantitative estimate of drug-likeness (QED) is 0.847. The van der Waals surface area contributed by atoms with Gasteiger partial charge in [0, 0.05) is 9.50 Å². The van der Waals surface area contributed by atoms with Crippen molar-refractivity contribution in [2.24, 2.45) is 0 Å². The molecule has 1 N–H and O–H groups in total. The van der Waals surface area contributed by atoms with E-state index >= 15 is 0 Å². The first kappa shape index (κ1) is 13.7. The summed E-state index contributed by atoms with van der Waals surface area (Å²) in [7, 11) is 0. The zero-order valence-corrected chi connectivity index (χ0v) is 13.0. The van der Waals surface area contributed by atoms with Gasteiger partial charge in [-0.1, -0.05) is 35.9 Å². The Labute approximate surface area is 131 Å². The Morgan fingerprint density at radius 1 is 1.25 bits per heavy atom. The number of halogens is 2. The van der Waals surface area contributed by atoms with Crippen LogP contribution in [0.1, 0.15) is 33.9 Å². The van der Waals surface area contributed by atoms with Crippen molar-refractivity contribution in [2.75, 3.05) is 0 Å². The maximum Gasteiger partial charge on any atom is 0.252 e. The molecule has 0 aliphatic heterocycles. The van der Waals surface area contributed by atoms with Crippen molar-refractivity contribution in [3.05, 3.63) is 68.7 Å². The van der Waals surface area contributed by atoms with Crippen molar-refractivity contribution < 1.29 is 4.79 Å². The zero-order chi connectivity index (χ0) is 14.1. The third-order valence-corrected chi connectivity index (χ3v) is 4.51. The fraction of sp³-hybridized carbons (Fsp3) is 0.188. The van der Waals surface area contributed by atoms with Crippen LogP contribution in [-0.4, -0.2) is 5.91 Å². The van der Waals surface area contributed by atoms with Crippen molar-refractivity contribution in [3.63, 3.8) is 0 Å². The molecule has 0 spiro atoms. The lowest BCUT2D eigenvalue weighted by molar-refractivity contribution is 0.0936. The number of rotatable bonds is 2. The van der Waals surface area contributed by atoms with Gasteiger partial charge in [0.2, 0.25) is 0 Å². The Balaban J connectivity index is 1.81. The molecule has 0 fully saturated rings. The fourth-order valence-electron chi connectivity index (χ4n) is 2.62. The number of hydrogen-bond donors (Lipinski definition) is 1. The van der Waals surface area contributed by atoms with E-state index < -0.39 is 0 Å². The van der Waals surface area contributed by atoms with Crippen LogP contribution in [0.2, 0.25) is 5.02 Å². The van der Waals surface area contributed by atoms with E-state index in [1.165, 1.54) is 11.1 Å². The minimum atomic E-state index is -0.0738. The number of carbonyl (C=O) groups is 1. The Bertz CT molecular complexity index is 671. The normalized spacial score (nSPS) is 16.8. The largest absolute Gasteiger partial charge is 0.345 e. The lowest BCUT2D eigenvalue weighted by Gasteiger charge is -2.15. The van der Waals surface area contributed by atoms with E-state index in [-0.39, 0.29) is 11.9 Å². The summed E-state index contributed by atoms with van der Waals surface area (Å²) in [5, 5.41) is 3.71. The molecule has 2 aromatic carbocycles. The van der Waals surface area contributed by atoms with Crippen LogP contribution >= 0.6 is 27.5 Å². The predicted molar refractivity (Wildman–Crippen MR) is 84.1 cm³/mol. The Morgan fingerprint density at radius 2 is 2.05 bits per heavy atom. The highest BCUT2D eigenvalue weighted by molar-refractivity contribution is 9.10. The van der Waals surface area contributed by atoms with Gasteiger partial charge in [0.15, 0.2) is 0 Å². The van der Waals surface area contributed by atoms with Gasteiger partial charge in [-0.3, -0.25) is 4.79 Å². The van der Waals surface area contributed by atoms with Gasteiger partial charge < -0.3 is 5.32 Å². The second-order valence-corrected chi connectivity index (χ2v) is 6.18. The topological polar surface area (TPSA) is 29.1 Å². The minimum Gasteiger partial charge on any atom is -0.345 e. The Kier molecular flexibility index (Phi) is 3.81. The summed E-state index contributed by atoms with van der Waals surface area (Å²) in [5.74, 6) is -0.0738. The van der Waals surface area contributed by atoms with Crippen LogP contribution in [0.15, 0.2) is 46.9 Å². The van der Waals surface area contributed by atoms with Crippen LogP contribution < -0.4 is 5.32 Å². The number of fused-ring (bicyclic) bond motifs is 1. The van der Waals surface area contributed by atoms with E-state index in [4.69, 9.17) is 11.6 Å². The molecule has 1 aliphatic rings. The van der Waals surface area contributed by atoms with E-state index in [1.54, 1.807) is 18.2 Å². The number of hydrogen-bond acceptors (Lipinski definition) is 1. The number of nitrogens with one attached hydrogen (secondary N) is 1. The summed E-state index contributed by atoms with van der Waals surface area (Å²) in [4.78, 5) is 12.4. The molecule has 1 amide bonds. The van der Waals surface area contributed by atoms with Crippen LogP contribution in [0.25, 0.3) is 0 Å². The van der Waals surface area contributed by atoms with Gasteiger partial charge in [0.05, 0.1) is 11.6 Å². The summed E-state index contributed by atoms with van der Waals surface area (Å²) in [6.45, 7) is 0. The minimum absolute atomic E-state index is 0.0738. The standard InChI is InChI=1S/C16H13BrClNO/c17-14-9-11(18)6-7-13(14)16(20)19-15-8-5-10-3-1-2-4-12(10)15/h1-4,6-7,9,15H,5,8H2,(H,19,20). The molecule has 0 saturated carbocycles. The lowest BCUT2D eigenvalue weighted by Crippen LogP contribution is -2.27. The number of benzene rings is 2. The summed E-state index contributed by atoms with van der Waals surface area (Å²) >= 11 is 9.28. The highest BCUT2D eigenvalue weighted by atomic mass is 79.9. The molecule has 0 saturated heterocycles.